The highest BCUT2D eigenvalue weighted by Gasteiger charge is 2.21. The zero-order chi connectivity index (χ0) is 21.4. The van der Waals surface area contributed by atoms with Gasteiger partial charge in [0.05, 0.1) is 35.8 Å². The summed E-state index contributed by atoms with van der Waals surface area (Å²) in [6.07, 6.45) is 2.76. The minimum atomic E-state index is -0.268. The molecule has 0 aliphatic carbocycles. The molecule has 0 saturated carbocycles. The largest absolute Gasteiger partial charge is 0.495 e. The van der Waals surface area contributed by atoms with Crippen LogP contribution in [0.15, 0.2) is 35.1 Å². The van der Waals surface area contributed by atoms with Crippen molar-refractivity contribution in [1.29, 1.82) is 0 Å². The number of halogens is 1. The van der Waals surface area contributed by atoms with Crippen LogP contribution in [0, 0.1) is 0 Å². The third-order valence-electron chi connectivity index (χ3n) is 5.43. The summed E-state index contributed by atoms with van der Waals surface area (Å²) in [5.41, 5.74) is 1.41. The van der Waals surface area contributed by atoms with Crippen LogP contribution in [0.5, 0.6) is 11.5 Å². The Bertz CT molecular complexity index is 1210. The van der Waals surface area contributed by atoms with E-state index in [0.29, 0.717) is 45.2 Å². The van der Waals surface area contributed by atoms with E-state index in [1.54, 1.807) is 41.9 Å². The number of aryl methyl sites for hydroxylation is 1. The molecule has 2 aromatic carbocycles. The molecule has 2 heterocycles. The zero-order valence-electron chi connectivity index (χ0n) is 17.1. The molecule has 1 aliphatic heterocycles. The molecule has 0 radical (unpaired) electrons. The number of carbonyl (C=O) groups is 1. The lowest BCUT2D eigenvalue weighted by molar-refractivity contribution is 0.0992. The first-order chi connectivity index (χ1) is 14.4. The van der Waals surface area contributed by atoms with E-state index in [1.165, 1.54) is 19.1 Å². The van der Waals surface area contributed by atoms with Crippen LogP contribution in [0.3, 0.4) is 0 Å². The van der Waals surface area contributed by atoms with Crippen LogP contribution in [-0.4, -0.2) is 36.7 Å². The monoisotopic (exact) mass is 427 g/mol. The van der Waals surface area contributed by atoms with Crippen molar-refractivity contribution in [3.05, 3.63) is 57.1 Å². The highest BCUT2D eigenvalue weighted by molar-refractivity contribution is 6.32. The number of hydrogen-bond donors (Lipinski definition) is 0. The van der Waals surface area contributed by atoms with Gasteiger partial charge in [-0.1, -0.05) is 11.6 Å². The van der Waals surface area contributed by atoms with Crippen molar-refractivity contribution in [2.45, 2.75) is 25.8 Å². The maximum atomic E-state index is 13.2. The number of carbonyl (C=O) groups excluding carboxylic acids is 1. The van der Waals surface area contributed by atoms with Crippen molar-refractivity contribution in [3.8, 4) is 11.5 Å². The molecule has 1 aliphatic rings. The van der Waals surface area contributed by atoms with E-state index in [1.807, 2.05) is 0 Å². The fourth-order valence-corrected chi connectivity index (χ4v) is 4.02. The first-order valence-corrected chi connectivity index (χ1v) is 10.1. The van der Waals surface area contributed by atoms with Crippen molar-refractivity contribution >= 4 is 34.1 Å². The molecule has 156 valence electrons. The third kappa shape index (κ3) is 3.39. The van der Waals surface area contributed by atoms with Crippen molar-refractivity contribution in [2.75, 3.05) is 26.2 Å². The van der Waals surface area contributed by atoms with Crippen molar-refractivity contribution in [3.63, 3.8) is 0 Å². The van der Waals surface area contributed by atoms with Gasteiger partial charge >= 0.3 is 0 Å². The van der Waals surface area contributed by atoms with Crippen LogP contribution in [0.2, 0.25) is 5.02 Å². The normalized spacial score (nSPS) is 13.1. The van der Waals surface area contributed by atoms with Crippen LogP contribution < -0.4 is 19.9 Å². The van der Waals surface area contributed by atoms with Crippen LogP contribution in [0.25, 0.3) is 10.9 Å². The zero-order valence-corrected chi connectivity index (χ0v) is 17.8. The average Bonchev–Trinajstić information content (AvgIpc) is 2.77. The molecule has 0 unspecified atom stereocenters. The summed E-state index contributed by atoms with van der Waals surface area (Å²) in [6.45, 7) is 0.693. The van der Waals surface area contributed by atoms with Gasteiger partial charge in [0.2, 0.25) is 0 Å². The Labute approximate surface area is 178 Å². The van der Waals surface area contributed by atoms with E-state index < -0.39 is 0 Å². The molecular formula is C22H22ClN3O4. The van der Waals surface area contributed by atoms with Gasteiger partial charge in [-0.25, -0.2) is 4.98 Å². The molecule has 30 heavy (non-hydrogen) atoms. The highest BCUT2D eigenvalue weighted by Crippen LogP contribution is 2.38. The molecule has 0 saturated heterocycles. The lowest BCUT2D eigenvalue weighted by atomic mass is 10.1. The smallest absolute Gasteiger partial charge is 0.261 e. The Balaban J connectivity index is 1.74. The number of aromatic nitrogens is 2. The number of methoxy groups -OCH3 is 2. The van der Waals surface area contributed by atoms with E-state index in [-0.39, 0.29) is 11.5 Å². The van der Waals surface area contributed by atoms with Gasteiger partial charge in [0.1, 0.15) is 17.3 Å². The number of nitrogens with zero attached hydrogens (tertiary/aromatic N) is 3. The number of rotatable bonds is 4. The summed E-state index contributed by atoms with van der Waals surface area (Å²) in [5.74, 6) is 1.42. The Morgan fingerprint density at radius 1 is 1.13 bits per heavy atom. The van der Waals surface area contributed by atoms with Gasteiger partial charge in [-0.05, 0) is 37.1 Å². The fourth-order valence-electron chi connectivity index (χ4n) is 3.78. The number of ether oxygens (including phenoxy) is 2. The van der Waals surface area contributed by atoms with E-state index >= 15 is 0 Å². The van der Waals surface area contributed by atoms with Gasteiger partial charge in [-0.3, -0.25) is 14.2 Å². The van der Waals surface area contributed by atoms with E-state index in [9.17, 15) is 9.59 Å². The van der Waals surface area contributed by atoms with Crippen LogP contribution >= 0.6 is 11.6 Å². The Kier molecular flexibility index (Phi) is 5.39. The van der Waals surface area contributed by atoms with Gasteiger partial charge in [-0.15, -0.1) is 0 Å². The summed E-state index contributed by atoms with van der Waals surface area (Å²) in [6, 6.07) is 8.25. The van der Waals surface area contributed by atoms with E-state index in [4.69, 9.17) is 21.1 Å². The molecule has 0 bridgehead atoms. The molecule has 8 heteroatoms. The Hall–Kier alpha value is -3.06. The quantitative estimate of drug-likeness (QED) is 0.635. The summed E-state index contributed by atoms with van der Waals surface area (Å²) in [5, 5.41) is 0.887. The third-order valence-corrected chi connectivity index (χ3v) is 5.73. The standard InChI is InChI=1S/C22H22ClN3O4/c1-25(17-11-15(23)18(29-2)12-19(17)30-3)21(27)13-7-8-14-16(10-13)24-20-6-4-5-9-26(20)22(14)28/h7-8,10-12H,4-6,9H2,1-3H3. The lowest BCUT2D eigenvalue weighted by Gasteiger charge is -2.22. The predicted octanol–water partition coefficient (Wildman–Crippen LogP) is 3.68. The number of amides is 1. The lowest BCUT2D eigenvalue weighted by Crippen LogP contribution is -2.29. The first-order valence-electron chi connectivity index (χ1n) is 9.67. The van der Waals surface area contributed by atoms with Crippen LogP contribution in [-0.2, 0) is 13.0 Å². The summed E-state index contributed by atoms with van der Waals surface area (Å²) >= 11 is 6.25. The van der Waals surface area contributed by atoms with Gasteiger partial charge in [0.25, 0.3) is 11.5 Å². The number of fused-ring (bicyclic) bond motifs is 2. The molecule has 0 fully saturated rings. The molecule has 7 nitrogen and oxygen atoms in total. The van der Waals surface area contributed by atoms with Gasteiger partial charge < -0.3 is 14.4 Å². The van der Waals surface area contributed by atoms with Gasteiger partial charge in [0.15, 0.2) is 0 Å². The second kappa shape index (κ2) is 7.99. The second-order valence-corrected chi connectivity index (χ2v) is 7.60. The topological polar surface area (TPSA) is 73.7 Å². The maximum absolute atomic E-state index is 13.2. The number of benzene rings is 2. The molecule has 0 atom stereocenters. The van der Waals surface area contributed by atoms with E-state index in [0.717, 1.165) is 25.1 Å². The molecule has 0 N–H and O–H groups in total. The minimum Gasteiger partial charge on any atom is -0.495 e. The van der Waals surface area contributed by atoms with Gasteiger partial charge in [0, 0.05) is 31.6 Å². The molecule has 1 amide bonds. The highest BCUT2D eigenvalue weighted by atomic mass is 35.5. The van der Waals surface area contributed by atoms with Crippen LogP contribution in [0.4, 0.5) is 5.69 Å². The second-order valence-electron chi connectivity index (χ2n) is 7.20. The van der Waals surface area contributed by atoms with Crippen LogP contribution in [0.1, 0.15) is 29.0 Å². The van der Waals surface area contributed by atoms with Crippen molar-refractivity contribution in [2.24, 2.45) is 0 Å². The molecule has 1 aromatic heterocycles. The van der Waals surface area contributed by atoms with E-state index in [2.05, 4.69) is 4.98 Å². The predicted molar refractivity (Wildman–Crippen MR) is 116 cm³/mol. The first kappa shape index (κ1) is 20.2. The molecular weight excluding hydrogens is 406 g/mol. The summed E-state index contributed by atoms with van der Waals surface area (Å²) in [4.78, 5) is 32.1. The number of hydrogen-bond acceptors (Lipinski definition) is 5. The minimum absolute atomic E-state index is 0.0503. The molecule has 0 spiro atoms. The fraction of sp³-hybridized carbons (Fsp3) is 0.318. The SMILES string of the molecule is COc1cc(OC)c(N(C)C(=O)c2ccc3c(=O)n4c(nc3c2)CCCC4)cc1Cl. The maximum Gasteiger partial charge on any atom is 0.261 e. The summed E-state index contributed by atoms with van der Waals surface area (Å²) < 4.78 is 12.4. The molecule has 3 aromatic rings. The van der Waals surface area contributed by atoms with Gasteiger partial charge in [-0.2, -0.15) is 0 Å². The summed E-state index contributed by atoms with van der Waals surface area (Å²) in [7, 11) is 4.67. The Morgan fingerprint density at radius 3 is 2.63 bits per heavy atom. The van der Waals surface area contributed by atoms with Crippen molar-refractivity contribution in [1.82, 2.24) is 9.55 Å². The average molecular weight is 428 g/mol. The molecule has 4 rings (SSSR count). The number of anilines is 1. The van der Waals surface area contributed by atoms with Crippen molar-refractivity contribution < 1.29 is 14.3 Å². The Morgan fingerprint density at radius 2 is 1.90 bits per heavy atom.